The van der Waals surface area contributed by atoms with Gasteiger partial charge in [-0.25, -0.2) is 4.57 Å². The highest BCUT2D eigenvalue weighted by atomic mass is 16.6. The Hall–Kier alpha value is -1.46. The van der Waals surface area contributed by atoms with Gasteiger partial charge in [0.25, 0.3) is 0 Å². The lowest BCUT2D eigenvalue weighted by Gasteiger charge is -2.05. The quantitative estimate of drug-likeness (QED) is 0.504. The first-order valence-electron chi connectivity index (χ1n) is 3.70. The lowest BCUT2D eigenvalue weighted by Crippen LogP contribution is -2.06. The van der Waals surface area contributed by atoms with Crippen LogP contribution >= 0.6 is 0 Å². The van der Waals surface area contributed by atoms with Crippen LogP contribution in [-0.2, 0) is 0 Å². The second-order valence-electron chi connectivity index (χ2n) is 2.55. The van der Waals surface area contributed by atoms with Crippen LogP contribution in [0.4, 0.5) is 5.95 Å². The summed E-state index contributed by atoms with van der Waals surface area (Å²) in [6, 6.07) is 0.0698. The minimum atomic E-state index is -0.529. The summed E-state index contributed by atoms with van der Waals surface area (Å²) >= 11 is 0. The molecule has 66 valence electrons. The van der Waals surface area contributed by atoms with E-state index < -0.39 is 4.92 Å². The Labute approximate surface area is 69.4 Å². The van der Waals surface area contributed by atoms with Gasteiger partial charge in [-0.05, 0) is 23.4 Å². The molecule has 6 heteroatoms. The fourth-order valence-electron chi connectivity index (χ4n) is 0.875. The van der Waals surface area contributed by atoms with Crippen molar-refractivity contribution in [3.8, 4) is 0 Å². The van der Waals surface area contributed by atoms with Gasteiger partial charge in [-0.3, -0.25) is 0 Å². The van der Waals surface area contributed by atoms with Gasteiger partial charge in [0.2, 0.25) is 0 Å². The van der Waals surface area contributed by atoms with E-state index in [1.807, 2.05) is 13.8 Å². The SMILES string of the molecule is CCC(C)n1cnnc1[N+](=O)[O-]. The average molecular weight is 170 g/mol. The van der Waals surface area contributed by atoms with Gasteiger partial charge in [0.05, 0.1) is 11.1 Å². The zero-order valence-corrected chi connectivity index (χ0v) is 6.97. The van der Waals surface area contributed by atoms with E-state index in [2.05, 4.69) is 10.2 Å². The maximum absolute atomic E-state index is 10.4. The Morgan fingerprint density at radius 1 is 1.83 bits per heavy atom. The van der Waals surface area contributed by atoms with Gasteiger partial charge in [-0.2, -0.15) is 0 Å². The molecule has 1 aromatic rings. The van der Waals surface area contributed by atoms with Gasteiger partial charge in [0, 0.05) is 0 Å². The summed E-state index contributed by atoms with van der Waals surface area (Å²) in [6.45, 7) is 3.84. The van der Waals surface area contributed by atoms with Crippen molar-refractivity contribution in [2.75, 3.05) is 0 Å². The third kappa shape index (κ3) is 1.41. The summed E-state index contributed by atoms with van der Waals surface area (Å²) in [5.74, 6) is -0.190. The van der Waals surface area contributed by atoms with Crippen LogP contribution in [0.5, 0.6) is 0 Å². The topological polar surface area (TPSA) is 73.8 Å². The van der Waals surface area contributed by atoms with E-state index in [1.54, 1.807) is 0 Å². The molecule has 0 radical (unpaired) electrons. The van der Waals surface area contributed by atoms with Gasteiger partial charge >= 0.3 is 5.95 Å². The summed E-state index contributed by atoms with van der Waals surface area (Å²) in [4.78, 5) is 9.86. The van der Waals surface area contributed by atoms with Crippen molar-refractivity contribution in [1.29, 1.82) is 0 Å². The molecule has 1 rings (SSSR count). The minimum Gasteiger partial charge on any atom is -0.390 e. The lowest BCUT2D eigenvalue weighted by atomic mass is 10.3. The fourth-order valence-corrected chi connectivity index (χ4v) is 0.875. The summed E-state index contributed by atoms with van der Waals surface area (Å²) in [5.41, 5.74) is 0. The third-order valence-electron chi connectivity index (χ3n) is 1.78. The standard InChI is InChI=1S/C6H10N4O2/c1-3-5(2)9-4-7-8-6(9)10(11)12/h4-5H,3H2,1-2H3. The first kappa shape index (κ1) is 8.63. The molecule has 0 bridgehead atoms. The molecule has 0 aliphatic carbocycles. The third-order valence-corrected chi connectivity index (χ3v) is 1.78. The smallest absolute Gasteiger partial charge is 0.390 e. The highest BCUT2D eigenvalue weighted by Crippen LogP contribution is 2.15. The van der Waals surface area contributed by atoms with E-state index in [9.17, 15) is 10.1 Å². The molecule has 0 aromatic carbocycles. The Bertz CT molecular complexity index is 283. The molecule has 0 saturated carbocycles. The molecule has 0 fully saturated rings. The van der Waals surface area contributed by atoms with Crippen molar-refractivity contribution in [1.82, 2.24) is 14.8 Å². The first-order valence-corrected chi connectivity index (χ1v) is 3.70. The molecule has 1 heterocycles. The van der Waals surface area contributed by atoms with Crippen LogP contribution in [0.25, 0.3) is 0 Å². The Balaban J connectivity index is 2.98. The van der Waals surface area contributed by atoms with Crippen molar-refractivity contribution in [2.24, 2.45) is 0 Å². The van der Waals surface area contributed by atoms with Crippen LogP contribution in [0.2, 0.25) is 0 Å². The number of hydrogen-bond donors (Lipinski definition) is 0. The van der Waals surface area contributed by atoms with E-state index in [0.717, 1.165) is 6.42 Å². The molecule has 0 saturated heterocycles. The summed E-state index contributed by atoms with van der Waals surface area (Å²) in [7, 11) is 0. The second kappa shape index (κ2) is 3.29. The van der Waals surface area contributed by atoms with Crippen LogP contribution in [0.1, 0.15) is 26.3 Å². The molecule has 6 nitrogen and oxygen atoms in total. The summed E-state index contributed by atoms with van der Waals surface area (Å²) in [5, 5.41) is 17.3. The van der Waals surface area contributed by atoms with Crippen LogP contribution in [0, 0.1) is 10.1 Å². The summed E-state index contributed by atoms with van der Waals surface area (Å²) < 4.78 is 1.46. The van der Waals surface area contributed by atoms with Gasteiger partial charge in [-0.1, -0.05) is 6.92 Å². The van der Waals surface area contributed by atoms with E-state index in [1.165, 1.54) is 10.9 Å². The molecule has 0 aliphatic heterocycles. The zero-order chi connectivity index (χ0) is 9.14. The minimum absolute atomic E-state index is 0.0698. The van der Waals surface area contributed by atoms with Crippen molar-refractivity contribution >= 4 is 5.95 Å². The van der Waals surface area contributed by atoms with Gasteiger partial charge < -0.3 is 10.1 Å². The van der Waals surface area contributed by atoms with Crippen LogP contribution in [0.3, 0.4) is 0 Å². The molecule has 0 amide bonds. The molecule has 1 atom stereocenters. The maximum atomic E-state index is 10.4. The van der Waals surface area contributed by atoms with Crippen molar-refractivity contribution in [3.63, 3.8) is 0 Å². The van der Waals surface area contributed by atoms with E-state index in [0.29, 0.717) is 0 Å². The predicted octanol–water partition coefficient (Wildman–Crippen LogP) is 1.16. The Morgan fingerprint density at radius 3 is 3.00 bits per heavy atom. The van der Waals surface area contributed by atoms with Gasteiger partial charge in [0.1, 0.15) is 0 Å². The van der Waals surface area contributed by atoms with E-state index in [4.69, 9.17) is 0 Å². The Morgan fingerprint density at radius 2 is 2.50 bits per heavy atom. The Kier molecular flexibility index (Phi) is 2.37. The number of nitrogens with zero attached hydrogens (tertiary/aromatic N) is 4. The fraction of sp³-hybridized carbons (Fsp3) is 0.667. The summed E-state index contributed by atoms with van der Waals surface area (Å²) in [6.07, 6.45) is 2.20. The lowest BCUT2D eigenvalue weighted by molar-refractivity contribution is -0.397. The average Bonchev–Trinajstić information content (AvgIpc) is 2.50. The molecule has 0 N–H and O–H groups in total. The monoisotopic (exact) mass is 170 g/mol. The van der Waals surface area contributed by atoms with E-state index in [-0.39, 0.29) is 12.0 Å². The maximum Gasteiger partial charge on any atom is 0.458 e. The number of rotatable bonds is 3. The van der Waals surface area contributed by atoms with Crippen molar-refractivity contribution < 1.29 is 4.92 Å². The highest BCUT2D eigenvalue weighted by molar-refractivity contribution is 5.03. The van der Waals surface area contributed by atoms with Crippen molar-refractivity contribution in [2.45, 2.75) is 26.3 Å². The first-order chi connectivity index (χ1) is 5.66. The molecular formula is C6H10N4O2. The van der Waals surface area contributed by atoms with Crippen LogP contribution < -0.4 is 0 Å². The van der Waals surface area contributed by atoms with Gasteiger partial charge in [0.15, 0.2) is 6.33 Å². The van der Waals surface area contributed by atoms with Crippen LogP contribution in [0.15, 0.2) is 6.33 Å². The van der Waals surface area contributed by atoms with Crippen molar-refractivity contribution in [3.05, 3.63) is 16.4 Å². The predicted molar refractivity (Wildman–Crippen MR) is 41.7 cm³/mol. The number of hydrogen-bond acceptors (Lipinski definition) is 4. The number of nitro groups is 1. The van der Waals surface area contributed by atoms with Gasteiger partial charge in [-0.15, -0.1) is 0 Å². The molecule has 1 unspecified atom stereocenters. The van der Waals surface area contributed by atoms with E-state index >= 15 is 0 Å². The molecular weight excluding hydrogens is 160 g/mol. The highest BCUT2D eigenvalue weighted by Gasteiger charge is 2.19. The normalized spacial score (nSPS) is 12.8. The number of aromatic nitrogens is 3. The molecule has 12 heavy (non-hydrogen) atoms. The molecule has 0 spiro atoms. The largest absolute Gasteiger partial charge is 0.458 e. The zero-order valence-electron chi connectivity index (χ0n) is 6.97. The molecule has 0 aliphatic rings. The molecule has 1 aromatic heterocycles. The second-order valence-corrected chi connectivity index (χ2v) is 2.55. The van der Waals surface area contributed by atoms with Crippen LogP contribution in [-0.4, -0.2) is 19.7 Å².